The Labute approximate surface area is 121 Å². The number of rotatable bonds is 2. The van der Waals surface area contributed by atoms with E-state index in [2.05, 4.69) is 4.74 Å². The third-order valence-corrected chi connectivity index (χ3v) is 2.78. The summed E-state index contributed by atoms with van der Waals surface area (Å²) in [5.74, 6) is -0.624. The van der Waals surface area contributed by atoms with Gasteiger partial charge in [0, 0.05) is 16.8 Å². The highest BCUT2D eigenvalue weighted by Crippen LogP contribution is 2.39. The molecular formula is C14H9F6NO. The molecule has 2 rings (SSSR count). The fourth-order valence-electron chi connectivity index (χ4n) is 1.87. The molecule has 0 unspecified atom stereocenters. The van der Waals surface area contributed by atoms with E-state index in [1.54, 1.807) is 0 Å². The SMILES string of the molecule is Nc1ccc(C(F)(F)F)cc1-c1ccccc1OC(F)(F)F. The molecule has 0 aliphatic carbocycles. The third-order valence-electron chi connectivity index (χ3n) is 2.78. The molecule has 2 aromatic rings. The number of anilines is 1. The largest absolute Gasteiger partial charge is 0.573 e. The van der Waals surface area contributed by atoms with Crippen LogP contribution in [0.1, 0.15) is 5.56 Å². The Bertz CT molecular complexity index is 678. The topological polar surface area (TPSA) is 35.2 Å². The van der Waals surface area contributed by atoms with Crippen molar-refractivity contribution in [3.05, 3.63) is 48.0 Å². The summed E-state index contributed by atoms with van der Waals surface area (Å²) >= 11 is 0. The van der Waals surface area contributed by atoms with Crippen molar-refractivity contribution in [3.63, 3.8) is 0 Å². The molecule has 2 nitrogen and oxygen atoms in total. The van der Waals surface area contributed by atoms with Crippen LogP contribution in [-0.2, 0) is 6.18 Å². The molecule has 0 aliphatic heterocycles. The van der Waals surface area contributed by atoms with Gasteiger partial charge in [-0.3, -0.25) is 0 Å². The molecule has 0 aromatic heterocycles. The lowest BCUT2D eigenvalue weighted by Crippen LogP contribution is -2.17. The number of nitrogen functional groups attached to an aromatic ring is 1. The molecule has 0 spiro atoms. The van der Waals surface area contributed by atoms with E-state index < -0.39 is 23.9 Å². The van der Waals surface area contributed by atoms with Crippen LogP contribution in [0.15, 0.2) is 42.5 Å². The fourth-order valence-corrected chi connectivity index (χ4v) is 1.87. The van der Waals surface area contributed by atoms with Crippen molar-refractivity contribution in [2.75, 3.05) is 5.73 Å². The van der Waals surface area contributed by atoms with Gasteiger partial charge in [-0.05, 0) is 24.3 Å². The second kappa shape index (κ2) is 5.43. The zero-order valence-corrected chi connectivity index (χ0v) is 10.8. The Balaban J connectivity index is 2.57. The summed E-state index contributed by atoms with van der Waals surface area (Å²) in [5.41, 5.74) is 4.12. The molecule has 0 bridgehead atoms. The number of para-hydroxylation sites is 1. The number of alkyl halides is 6. The number of halogens is 6. The van der Waals surface area contributed by atoms with Crippen LogP contribution in [0.25, 0.3) is 11.1 Å². The first kappa shape index (κ1) is 16.0. The molecule has 0 heterocycles. The normalized spacial score (nSPS) is 12.3. The molecule has 2 aromatic carbocycles. The monoisotopic (exact) mass is 321 g/mol. The van der Waals surface area contributed by atoms with E-state index in [0.717, 1.165) is 18.2 Å². The predicted octanol–water partition coefficient (Wildman–Crippen LogP) is 4.85. The van der Waals surface area contributed by atoms with Gasteiger partial charge in [-0.15, -0.1) is 13.2 Å². The summed E-state index contributed by atoms with van der Waals surface area (Å²) in [6.07, 6.45) is -9.60. The van der Waals surface area contributed by atoms with Crippen LogP contribution in [0.5, 0.6) is 5.75 Å². The fraction of sp³-hybridized carbons (Fsp3) is 0.143. The lowest BCUT2D eigenvalue weighted by Gasteiger charge is -2.16. The summed E-state index contributed by atoms with van der Waals surface area (Å²) in [6, 6.07) is 7.28. The minimum absolute atomic E-state index is 0.0915. The van der Waals surface area contributed by atoms with Gasteiger partial charge in [0.2, 0.25) is 0 Å². The van der Waals surface area contributed by atoms with Crippen molar-refractivity contribution < 1.29 is 31.1 Å². The lowest BCUT2D eigenvalue weighted by molar-refractivity contribution is -0.274. The van der Waals surface area contributed by atoms with Crippen molar-refractivity contribution in [2.45, 2.75) is 12.5 Å². The van der Waals surface area contributed by atoms with Gasteiger partial charge in [0.1, 0.15) is 5.75 Å². The van der Waals surface area contributed by atoms with Crippen LogP contribution in [0.4, 0.5) is 32.0 Å². The molecule has 0 fully saturated rings. The van der Waals surface area contributed by atoms with Crippen LogP contribution in [0.3, 0.4) is 0 Å². The van der Waals surface area contributed by atoms with Crippen molar-refractivity contribution in [1.82, 2.24) is 0 Å². The van der Waals surface area contributed by atoms with Gasteiger partial charge < -0.3 is 10.5 Å². The number of nitrogens with two attached hydrogens (primary N) is 1. The Morgan fingerprint density at radius 1 is 0.818 bits per heavy atom. The summed E-state index contributed by atoms with van der Waals surface area (Å²) in [7, 11) is 0. The lowest BCUT2D eigenvalue weighted by atomic mass is 10.00. The summed E-state index contributed by atoms with van der Waals surface area (Å²) in [4.78, 5) is 0. The van der Waals surface area contributed by atoms with E-state index >= 15 is 0 Å². The van der Waals surface area contributed by atoms with Crippen molar-refractivity contribution in [1.29, 1.82) is 0 Å². The molecule has 2 N–H and O–H groups in total. The zero-order chi connectivity index (χ0) is 16.5. The van der Waals surface area contributed by atoms with Gasteiger partial charge in [0.15, 0.2) is 0 Å². The highest BCUT2D eigenvalue weighted by Gasteiger charge is 2.33. The van der Waals surface area contributed by atoms with E-state index in [4.69, 9.17) is 5.73 Å². The number of benzene rings is 2. The average molecular weight is 321 g/mol. The Morgan fingerprint density at radius 3 is 2.05 bits per heavy atom. The standard InChI is InChI=1S/C14H9F6NO/c15-13(16,17)8-5-6-11(21)10(7-8)9-3-1-2-4-12(9)22-14(18,19)20/h1-7H,21H2. The summed E-state index contributed by atoms with van der Waals surface area (Å²) in [6.45, 7) is 0. The molecule has 0 amide bonds. The maximum absolute atomic E-state index is 12.7. The van der Waals surface area contributed by atoms with Crippen molar-refractivity contribution in [3.8, 4) is 16.9 Å². The second-order valence-electron chi connectivity index (χ2n) is 4.34. The van der Waals surface area contributed by atoms with Crippen LogP contribution < -0.4 is 10.5 Å². The van der Waals surface area contributed by atoms with Crippen LogP contribution in [0, 0.1) is 0 Å². The predicted molar refractivity (Wildman–Crippen MR) is 68.0 cm³/mol. The van der Waals surface area contributed by atoms with Gasteiger partial charge in [-0.1, -0.05) is 18.2 Å². The molecule has 0 saturated heterocycles. The first-order chi connectivity index (χ1) is 10.1. The maximum atomic E-state index is 12.7. The third kappa shape index (κ3) is 3.63. The molecule has 22 heavy (non-hydrogen) atoms. The minimum atomic E-state index is -4.97. The molecular weight excluding hydrogens is 312 g/mol. The van der Waals surface area contributed by atoms with E-state index in [1.807, 2.05) is 0 Å². The first-order valence-electron chi connectivity index (χ1n) is 5.90. The highest BCUT2D eigenvalue weighted by molar-refractivity contribution is 5.81. The van der Waals surface area contributed by atoms with Crippen LogP contribution >= 0.6 is 0 Å². The zero-order valence-electron chi connectivity index (χ0n) is 10.8. The molecule has 8 heteroatoms. The van der Waals surface area contributed by atoms with Gasteiger partial charge in [-0.25, -0.2) is 0 Å². The quantitative estimate of drug-likeness (QED) is 0.634. The maximum Gasteiger partial charge on any atom is 0.573 e. The minimum Gasteiger partial charge on any atom is -0.405 e. The molecule has 0 radical (unpaired) electrons. The summed E-state index contributed by atoms with van der Waals surface area (Å²) < 4.78 is 79.2. The Morgan fingerprint density at radius 2 is 1.45 bits per heavy atom. The van der Waals surface area contributed by atoms with Gasteiger partial charge in [-0.2, -0.15) is 13.2 Å². The van der Waals surface area contributed by atoms with E-state index in [1.165, 1.54) is 18.2 Å². The van der Waals surface area contributed by atoms with Gasteiger partial charge in [0.05, 0.1) is 5.56 Å². The van der Waals surface area contributed by atoms with E-state index in [-0.39, 0.29) is 16.8 Å². The Kier molecular flexibility index (Phi) is 3.95. The van der Waals surface area contributed by atoms with Crippen LogP contribution in [-0.4, -0.2) is 6.36 Å². The molecule has 0 aliphatic rings. The Hall–Kier alpha value is -2.38. The molecule has 118 valence electrons. The molecule has 0 atom stereocenters. The van der Waals surface area contributed by atoms with E-state index in [0.29, 0.717) is 6.07 Å². The average Bonchev–Trinajstić information content (AvgIpc) is 2.37. The van der Waals surface area contributed by atoms with Gasteiger partial charge in [0.25, 0.3) is 0 Å². The van der Waals surface area contributed by atoms with Crippen molar-refractivity contribution >= 4 is 5.69 Å². The smallest absolute Gasteiger partial charge is 0.405 e. The number of hydrogen-bond donors (Lipinski definition) is 1. The highest BCUT2D eigenvalue weighted by atomic mass is 19.4. The molecule has 0 saturated carbocycles. The number of ether oxygens (including phenoxy) is 1. The second-order valence-corrected chi connectivity index (χ2v) is 4.34. The summed E-state index contributed by atoms with van der Waals surface area (Å²) in [5, 5.41) is 0. The van der Waals surface area contributed by atoms with Gasteiger partial charge >= 0.3 is 12.5 Å². The number of hydrogen-bond acceptors (Lipinski definition) is 2. The van der Waals surface area contributed by atoms with Crippen LogP contribution in [0.2, 0.25) is 0 Å². The first-order valence-corrected chi connectivity index (χ1v) is 5.90. The van der Waals surface area contributed by atoms with Crippen molar-refractivity contribution in [2.24, 2.45) is 0 Å². The van der Waals surface area contributed by atoms with E-state index in [9.17, 15) is 26.3 Å².